The molecule has 0 aliphatic heterocycles. The van der Waals surface area contributed by atoms with E-state index in [9.17, 15) is 18.0 Å². The second-order valence-electron chi connectivity index (χ2n) is 6.16. The third kappa shape index (κ3) is 5.69. The molecule has 0 fully saturated rings. The summed E-state index contributed by atoms with van der Waals surface area (Å²) in [5.74, 6) is 1.02. The minimum atomic E-state index is -4.46. The van der Waals surface area contributed by atoms with Crippen molar-refractivity contribution in [2.24, 2.45) is 0 Å². The van der Waals surface area contributed by atoms with Gasteiger partial charge >= 0.3 is 6.18 Å². The average Bonchev–Trinajstić information content (AvgIpc) is 2.73. The fraction of sp³-hybridized carbons (Fsp3) is 0.200. The van der Waals surface area contributed by atoms with Gasteiger partial charge in [-0.1, -0.05) is 6.92 Å². The maximum Gasteiger partial charge on any atom is 0.417 e. The van der Waals surface area contributed by atoms with Gasteiger partial charge in [0.2, 0.25) is 0 Å². The van der Waals surface area contributed by atoms with Gasteiger partial charge in [-0.05, 0) is 42.5 Å². The van der Waals surface area contributed by atoms with E-state index in [1.807, 2.05) is 6.07 Å². The number of halogens is 3. The van der Waals surface area contributed by atoms with Gasteiger partial charge in [-0.15, -0.1) is 11.8 Å². The van der Waals surface area contributed by atoms with Crippen LogP contribution in [-0.4, -0.2) is 26.6 Å². The van der Waals surface area contributed by atoms with Crippen molar-refractivity contribution in [1.82, 2.24) is 15.0 Å². The van der Waals surface area contributed by atoms with E-state index in [0.29, 0.717) is 11.3 Å². The first-order chi connectivity index (χ1) is 14.4. The standard InChI is InChI=1S/C20H18F3N5OS/c1-2-9-30-16-6-7-24-12-15(16)27-19(29)13-5-8-25-18(10-13)28-17-4-3-14(11-26-17)20(21,22)23/h3-8,10-12H,2,9H2,1H3,(H,27,29)(H,25,26,28). The smallest absolute Gasteiger partial charge is 0.325 e. The van der Waals surface area contributed by atoms with Crippen LogP contribution in [0.4, 0.5) is 30.5 Å². The number of rotatable bonds is 7. The summed E-state index contributed by atoms with van der Waals surface area (Å²) in [6.45, 7) is 2.07. The van der Waals surface area contributed by atoms with Crippen molar-refractivity contribution < 1.29 is 18.0 Å². The van der Waals surface area contributed by atoms with E-state index in [1.165, 1.54) is 24.4 Å². The Morgan fingerprint density at radius 1 is 1.07 bits per heavy atom. The Morgan fingerprint density at radius 2 is 1.90 bits per heavy atom. The number of hydrogen-bond donors (Lipinski definition) is 2. The number of alkyl halides is 3. The number of anilines is 3. The molecule has 0 spiro atoms. The van der Waals surface area contributed by atoms with Crippen LogP contribution in [0.3, 0.4) is 0 Å². The lowest BCUT2D eigenvalue weighted by molar-refractivity contribution is -0.137. The summed E-state index contributed by atoms with van der Waals surface area (Å²) in [5.41, 5.74) is 0.0914. The van der Waals surface area contributed by atoms with Gasteiger partial charge in [-0.25, -0.2) is 9.97 Å². The molecule has 3 rings (SSSR count). The molecule has 3 heterocycles. The zero-order valence-electron chi connectivity index (χ0n) is 15.9. The third-order valence-corrected chi connectivity index (χ3v) is 5.14. The van der Waals surface area contributed by atoms with Gasteiger partial charge in [0.25, 0.3) is 5.91 Å². The van der Waals surface area contributed by atoms with Crippen molar-refractivity contribution >= 4 is 35.0 Å². The van der Waals surface area contributed by atoms with Crippen molar-refractivity contribution in [2.45, 2.75) is 24.4 Å². The second kappa shape index (κ2) is 9.57. The number of thioether (sulfide) groups is 1. The molecule has 6 nitrogen and oxygen atoms in total. The summed E-state index contributed by atoms with van der Waals surface area (Å²) in [7, 11) is 0. The van der Waals surface area contributed by atoms with Gasteiger partial charge in [0.05, 0.1) is 17.4 Å². The summed E-state index contributed by atoms with van der Waals surface area (Å²) in [5, 5.41) is 5.63. The van der Waals surface area contributed by atoms with Crippen LogP contribution in [0.25, 0.3) is 0 Å². The zero-order chi connectivity index (χ0) is 21.6. The highest BCUT2D eigenvalue weighted by Crippen LogP contribution is 2.29. The number of nitrogens with one attached hydrogen (secondary N) is 2. The Hall–Kier alpha value is -3.14. The van der Waals surface area contributed by atoms with E-state index in [-0.39, 0.29) is 17.5 Å². The highest BCUT2D eigenvalue weighted by atomic mass is 32.2. The van der Waals surface area contributed by atoms with E-state index >= 15 is 0 Å². The zero-order valence-corrected chi connectivity index (χ0v) is 16.7. The second-order valence-corrected chi connectivity index (χ2v) is 7.30. The molecule has 1 amide bonds. The molecule has 0 radical (unpaired) electrons. The van der Waals surface area contributed by atoms with Crippen LogP contribution in [0.5, 0.6) is 0 Å². The Bertz CT molecular complexity index is 1010. The maximum absolute atomic E-state index is 12.7. The molecule has 0 atom stereocenters. The van der Waals surface area contributed by atoms with Crippen molar-refractivity contribution in [3.8, 4) is 0 Å². The van der Waals surface area contributed by atoms with Gasteiger partial charge in [0, 0.05) is 29.0 Å². The number of pyridine rings is 3. The minimum Gasteiger partial charge on any atom is -0.325 e. The van der Waals surface area contributed by atoms with Gasteiger partial charge < -0.3 is 10.6 Å². The number of carbonyl (C=O) groups is 1. The van der Waals surface area contributed by atoms with Gasteiger partial charge in [0.1, 0.15) is 11.6 Å². The lowest BCUT2D eigenvalue weighted by Crippen LogP contribution is -2.13. The first kappa shape index (κ1) is 21.6. The molecule has 0 saturated carbocycles. The van der Waals surface area contributed by atoms with Crippen molar-refractivity contribution in [2.75, 3.05) is 16.4 Å². The normalized spacial score (nSPS) is 11.2. The van der Waals surface area contributed by atoms with Crippen LogP contribution in [-0.2, 0) is 6.18 Å². The molecule has 156 valence electrons. The van der Waals surface area contributed by atoms with E-state index in [0.717, 1.165) is 29.3 Å². The van der Waals surface area contributed by atoms with Crippen molar-refractivity contribution in [3.63, 3.8) is 0 Å². The Balaban J connectivity index is 1.72. The molecule has 0 saturated heterocycles. The molecule has 10 heteroatoms. The predicted octanol–water partition coefficient (Wildman–Crippen LogP) is 5.39. The minimum absolute atomic E-state index is 0.179. The first-order valence-corrected chi connectivity index (χ1v) is 10.00. The molecule has 0 aliphatic rings. The molecule has 2 N–H and O–H groups in total. The number of hydrogen-bond acceptors (Lipinski definition) is 6. The Morgan fingerprint density at radius 3 is 2.60 bits per heavy atom. The SMILES string of the molecule is CCCSc1ccncc1NC(=O)c1ccnc(Nc2ccc(C(F)(F)F)cn2)c1. The van der Waals surface area contributed by atoms with E-state index in [2.05, 4.69) is 32.5 Å². The van der Waals surface area contributed by atoms with Crippen LogP contribution in [0.15, 0.2) is 60.0 Å². The highest BCUT2D eigenvalue weighted by Gasteiger charge is 2.30. The molecule has 0 unspecified atom stereocenters. The fourth-order valence-electron chi connectivity index (χ4n) is 2.41. The summed E-state index contributed by atoms with van der Waals surface area (Å²) in [4.78, 5) is 25.5. The van der Waals surface area contributed by atoms with E-state index < -0.39 is 11.7 Å². The van der Waals surface area contributed by atoms with Gasteiger partial charge in [0.15, 0.2) is 0 Å². The Kier molecular flexibility index (Phi) is 6.88. The fourth-order valence-corrected chi connectivity index (χ4v) is 3.26. The van der Waals surface area contributed by atoms with Crippen LogP contribution >= 0.6 is 11.8 Å². The quantitative estimate of drug-likeness (QED) is 0.487. The number of amides is 1. The molecular weight excluding hydrogens is 415 g/mol. The van der Waals surface area contributed by atoms with Gasteiger partial charge in [-0.3, -0.25) is 9.78 Å². The highest BCUT2D eigenvalue weighted by molar-refractivity contribution is 7.99. The molecule has 3 aromatic rings. The maximum atomic E-state index is 12.7. The average molecular weight is 433 g/mol. The summed E-state index contributed by atoms with van der Waals surface area (Å²) in [6, 6.07) is 6.99. The summed E-state index contributed by atoms with van der Waals surface area (Å²) in [6.07, 6.45) is 1.95. The largest absolute Gasteiger partial charge is 0.417 e. The summed E-state index contributed by atoms with van der Waals surface area (Å²) >= 11 is 1.62. The molecule has 0 bridgehead atoms. The molecular formula is C20H18F3N5OS. The van der Waals surface area contributed by atoms with E-state index in [4.69, 9.17) is 0 Å². The first-order valence-electron chi connectivity index (χ1n) is 9.01. The third-order valence-electron chi connectivity index (χ3n) is 3.86. The molecule has 0 aromatic carbocycles. The lowest BCUT2D eigenvalue weighted by Gasteiger charge is -2.11. The van der Waals surface area contributed by atoms with Crippen LogP contribution < -0.4 is 10.6 Å². The number of carbonyl (C=O) groups excluding carboxylic acids is 1. The van der Waals surface area contributed by atoms with Gasteiger partial charge in [-0.2, -0.15) is 13.2 Å². The van der Waals surface area contributed by atoms with Crippen LogP contribution in [0.1, 0.15) is 29.3 Å². The van der Waals surface area contributed by atoms with E-state index in [1.54, 1.807) is 24.2 Å². The summed E-state index contributed by atoms with van der Waals surface area (Å²) < 4.78 is 37.9. The van der Waals surface area contributed by atoms with Crippen molar-refractivity contribution in [3.05, 3.63) is 66.2 Å². The molecule has 0 aliphatic carbocycles. The molecule has 3 aromatic heterocycles. The topological polar surface area (TPSA) is 79.8 Å². The molecule has 30 heavy (non-hydrogen) atoms. The van der Waals surface area contributed by atoms with Crippen molar-refractivity contribution in [1.29, 1.82) is 0 Å². The monoisotopic (exact) mass is 433 g/mol. The predicted molar refractivity (Wildman–Crippen MR) is 110 cm³/mol. The number of nitrogens with zero attached hydrogens (tertiary/aromatic N) is 3. The lowest BCUT2D eigenvalue weighted by atomic mass is 10.2. The Labute approximate surface area is 175 Å². The number of aromatic nitrogens is 3. The van der Waals surface area contributed by atoms with Crippen LogP contribution in [0, 0.1) is 0 Å². The van der Waals surface area contributed by atoms with Crippen LogP contribution in [0.2, 0.25) is 0 Å².